The first-order chi connectivity index (χ1) is 6.55. The van der Waals surface area contributed by atoms with Gasteiger partial charge < -0.3 is 5.32 Å². The fourth-order valence-electron chi connectivity index (χ4n) is 1.19. The van der Waals surface area contributed by atoms with Crippen molar-refractivity contribution in [3.8, 4) is 0 Å². The zero-order chi connectivity index (χ0) is 10.6. The lowest BCUT2D eigenvalue weighted by atomic mass is 9.90. The second kappa shape index (κ2) is 4.94. The summed E-state index contributed by atoms with van der Waals surface area (Å²) in [5.41, 5.74) is 1.81. The highest BCUT2D eigenvalue weighted by Crippen LogP contribution is 2.21. The fourth-order valence-corrected chi connectivity index (χ4v) is 1.95. The van der Waals surface area contributed by atoms with Crippen LogP contribution in [-0.2, 0) is 0 Å². The van der Waals surface area contributed by atoms with Crippen LogP contribution in [0.3, 0.4) is 0 Å². The summed E-state index contributed by atoms with van der Waals surface area (Å²) in [6.45, 7) is 10.2. The summed E-state index contributed by atoms with van der Waals surface area (Å²) >= 11 is 1.77. The smallest absolute Gasteiger partial charge is 0.0300 e. The number of rotatable bonds is 5. The molecular formula is C12H21NS. The van der Waals surface area contributed by atoms with Crippen LogP contribution < -0.4 is 5.32 Å². The summed E-state index contributed by atoms with van der Waals surface area (Å²) in [7, 11) is 0. The minimum Gasteiger partial charge on any atom is -0.310 e. The molecule has 0 aliphatic heterocycles. The zero-order valence-corrected chi connectivity index (χ0v) is 10.4. The Hall–Kier alpha value is -0.340. The van der Waals surface area contributed by atoms with Crippen LogP contribution in [0.5, 0.6) is 0 Å². The first-order valence-electron chi connectivity index (χ1n) is 5.30. The average molecular weight is 211 g/mol. The SMILES string of the molecule is CCC(C)(C)CNC(C)c1ccsc1. The molecule has 0 saturated carbocycles. The lowest BCUT2D eigenvalue weighted by Gasteiger charge is -2.25. The van der Waals surface area contributed by atoms with Crippen LogP contribution in [0.4, 0.5) is 0 Å². The molecule has 2 heteroatoms. The number of hydrogen-bond acceptors (Lipinski definition) is 2. The van der Waals surface area contributed by atoms with E-state index in [-0.39, 0.29) is 0 Å². The molecule has 0 saturated heterocycles. The van der Waals surface area contributed by atoms with Crippen molar-refractivity contribution in [2.24, 2.45) is 5.41 Å². The molecule has 0 fully saturated rings. The highest BCUT2D eigenvalue weighted by atomic mass is 32.1. The van der Waals surface area contributed by atoms with E-state index >= 15 is 0 Å². The molecule has 0 bridgehead atoms. The number of thiophene rings is 1. The van der Waals surface area contributed by atoms with Gasteiger partial charge in [0.2, 0.25) is 0 Å². The first-order valence-corrected chi connectivity index (χ1v) is 6.25. The van der Waals surface area contributed by atoms with E-state index in [4.69, 9.17) is 0 Å². The van der Waals surface area contributed by atoms with Crippen molar-refractivity contribution in [3.05, 3.63) is 22.4 Å². The summed E-state index contributed by atoms with van der Waals surface area (Å²) in [6, 6.07) is 2.67. The lowest BCUT2D eigenvalue weighted by molar-refractivity contribution is 0.314. The van der Waals surface area contributed by atoms with Crippen LogP contribution in [0.1, 0.15) is 45.7 Å². The molecule has 0 aromatic carbocycles. The summed E-state index contributed by atoms with van der Waals surface area (Å²) in [4.78, 5) is 0. The number of hydrogen-bond donors (Lipinski definition) is 1. The Morgan fingerprint density at radius 1 is 1.50 bits per heavy atom. The summed E-state index contributed by atoms with van der Waals surface area (Å²) < 4.78 is 0. The largest absolute Gasteiger partial charge is 0.310 e. The molecule has 0 radical (unpaired) electrons. The van der Waals surface area contributed by atoms with Crippen LogP contribution in [0.15, 0.2) is 16.8 Å². The molecule has 0 amide bonds. The third kappa shape index (κ3) is 3.43. The Bertz CT molecular complexity index is 251. The van der Waals surface area contributed by atoms with Gasteiger partial charge in [-0.2, -0.15) is 11.3 Å². The first kappa shape index (κ1) is 11.7. The van der Waals surface area contributed by atoms with Gasteiger partial charge in [0.05, 0.1) is 0 Å². The van der Waals surface area contributed by atoms with Crippen LogP contribution in [0.2, 0.25) is 0 Å². The Morgan fingerprint density at radius 3 is 2.71 bits per heavy atom. The molecule has 1 nitrogen and oxygen atoms in total. The Kier molecular flexibility index (Phi) is 4.14. The van der Waals surface area contributed by atoms with Gasteiger partial charge in [0.25, 0.3) is 0 Å². The van der Waals surface area contributed by atoms with Crippen molar-refractivity contribution in [2.75, 3.05) is 6.54 Å². The van der Waals surface area contributed by atoms with Crippen LogP contribution in [0.25, 0.3) is 0 Å². The molecule has 0 aliphatic rings. The molecule has 0 aliphatic carbocycles. The van der Waals surface area contributed by atoms with Gasteiger partial charge in [-0.1, -0.05) is 20.8 Å². The Balaban J connectivity index is 2.39. The molecule has 1 atom stereocenters. The van der Waals surface area contributed by atoms with Gasteiger partial charge in [-0.3, -0.25) is 0 Å². The molecule has 1 aromatic heterocycles. The van der Waals surface area contributed by atoms with Gasteiger partial charge in [0.1, 0.15) is 0 Å². The van der Waals surface area contributed by atoms with Gasteiger partial charge in [-0.15, -0.1) is 0 Å². The summed E-state index contributed by atoms with van der Waals surface area (Å²) in [6.07, 6.45) is 1.22. The van der Waals surface area contributed by atoms with Crippen molar-refractivity contribution in [2.45, 2.75) is 40.2 Å². The molecular weight excluding hydrogens is 190 g/mol. The van der Waals surface area contributed by atoms with Gasteiger partial charge >= 0.3 is 0 Å². The maximum absolute atomic E-state index is 3.58. The van der Waals surface area contributed by atoms with E-state index in [1.165, 1.54) is 12.0 Å². The molecule has 1 heterocycles. The maximum atomic E-state index is 3.58. The van der Waals surface area contributed by atoms with Crippen molar-refractivity contribution < 1.29 is 0 Å². The van der Waals surface area contributed by atoms with Crippen LogP contribution >= 0.6 is 11.3 Å². The highest BCUT2D eigenvalue weighted by molar-refractivity contribution is 7.07. The lowest BCUT2D eigenvalue weighted by Crippen LogP contribution is -2.30. The van der Waals surface area contributed by atoms with E-state index in [0.717, 1.165) is 6.54 Å². The number of nitrogens with one attached hydrogen (secondary N) is 1. The standard InChI is InChI=1S/C12H21NS/c1-5-12(3,4)9-13-10(2)11-6-7-14-8-11/h6-8,10,13H,5,9H2,1-4H3. The predicted octanol–water partition coefficient (Wildman–Crippen LogP) is 3.83. The monoisotopic (exact) mass is 211 g/mol. The molecule has 80 valence electrons. The topological polar surface area (TPSA) is 12.0 Å². The van der Waals surface area contributed by atoms with Crippen LogP contribution in [0, 0.1) is 5.41 Å². The quantitative estimate of drug-likeness (QED) is 0.780. The van der Waals surface area contributed by atoms with Gasteiger partial charge in [-0.05, 0) is 41.1 Å². The van der Waals surface area contributed by atoms with Gasteiger partial charge in [0.15, 0.2) is 0 Å². The Morgan fingerprint density at radius 2 is 2.21 bits per heavy atom. The van der Waals surface area contributed by atoms with E-state index in [9.17, 15) is 0 Å². The third-order valence-electron chi connectivity index (χ3n) is 2.89. The minimum absolute atomic E-state index is 0.407. The van der Waals surface area contributed by atoms with E-state index < -0.39 is 0 Å². The molecule has 1 unspecified atom stereocenters. The average Bonchev–Trinajstić information content (AvgIpc) is 2.67. The molecule has 1 rings (SSSR count). The summed E-state index contributed by atoms with van der Waals surface area (Å²) in [5.74, 6) is 0. The van der Waals surface area contributed by atoms with E-state index in [1.807, 2.05) is 0 Å². The summed E-state index contributed by atoms with van der Waals surface area (Å²) in [5, 5.41) is 7.94. The second-order valence-electron chi connectivity index (χ2n) is 4.68. The zero-order valence-electron chi connectivity index (χ0n) is 9.63. The minimum atomic E-state index is 0.407. The van der Waals surface area contributed by atoms with Crippen molar-refractivity contribution in [1.82, 2.24) is 5.32 Å². The van der Waals surface area contributed by atoms with Gasteiger partial charge in [-0.25, -0.2) is 0 Å². The highest BCUT2D eigenvalue weighted by Gasteiger charge is 2.16. The van der Waals surface area contributed by atoms with E-state index in [0.29, 0.717) is 11.5 Å². The van der Waals surface area contributed by atoms with Crippen molar-refractivity contribution in [3.63, 3.8) is 0 Å². The molecule has 14 heavy (non-hydrogen) atoms. The Labute approximate surface area is 91.5 Å². The third-order valence-corrected chi connectivity index (χ3v) is 3.59. The van der Waals surface area contributed by atoms with E-state index in [2.05, 4.69) is 49.8 Å². The van der Waals surface area contributed by atoms with Crippen molar-refractivity contribution >= 4 is 11.3 Å². The fraction of sp³-hybridized carbons (Fsp3) is 0.667. The van der Waals surface area contributed by atoms with Crippen molar-refractivity contribution in [1.29, 1.82) is 0 Å². The maximum Gasteiger partial charge on any atom is 0.0300 e. The molecule has 1 aromatic rings. The second-order valence-corrected chi connectivity index (χ2v) is 5.46. The van der Waals surface area contributed by atoms with Gasteiger partial charge in [0, 0.05) is 12.6 Å². The van der Waals surface area contributed by atoms with Crippen LogP contribution in [-0.4, -0.2) is 6.54 Å². The predicted molar refractivity (Wildman–Crippen MR) is 64.8 cm³/mol. The normalized spacial score (nSPS) is 14.3. The molecule has 1 N–H and O–H groups in total. The molecule has 0 spiro atoms. The van der Waals surface area contributed by atoms with E-state index in [1.54, 1.807) is 11.3 Å².